The van der Waals surface area contributed by atoms with Crippen LogP contribution in [0, 0.1) is 6.92 Å². The summed E-state index contributed by atoms with van der Waals surface area (Å²) in [6, 6.07) is 12.1. The summed E-state index contributed by atoms with van der Waals surface area (Å²) in [4.78, 5) is 43.2. The number of aryl methyl sites for hydroxylation is 1. The number of hydrogen-bond donors (Lipinski definition) is 2. The monoisotopic (exact) mass is 383 g/mol. The minimum absolute atomic E-state index is 0.0587. The molecule has 3 aromatic rings. The van der Waals surface area contributed by atoms with Gasteiger partial charge in [0.1, 0.15) is 12.4 Å². The molecule has 3 N–H and O–H groups in total. The second-order valence-electron chi connectivity index (χ2n) is 5.81. The summed E-state index contributed by atoms with van der Waals surface area (Å²) in [5.74, 6) is -0.729. The zero-order valence-corrected chi connectivity index (χ0v) is 15.3. The molecular formula is C19H17N3O4S. The van der Waals surface area contributed by atoms with E-state index in [-0.39, 0.29) is 23.7 Å². The number of primary amides is 1. The molecule has 1 amide bonds. The number of nitrogens with one attached hydrogen (secondary N) is 1. The molecule has 0 spiro atoms. The largest absolute Gasteiger partial charge is 0.454 e. The van der Waals surface area contributed by atoms with Crippen molar-refractivity contribution >= 4 is 34.5 Å². The quantitative estimate of drug-likeness (QED) is 0.498. The fourth-order valence-electron chi connectivity index (χ4n) is 2.54. The van der Waals surface area contributed by atoms with Crippen molar-refractivity contribution in [3.05, 3.63) is 69.8 Å². The molecule has 8 heteroatoms. The number of esters is 1. The van der Waals surface area contributed by atoms with Crippen LogP contribution in [0.25, 0.3) is 10.9 Å². The lowest BCUT2D eigenvalue weighted by molar-refractivity contribution is -0.115. The minimum atomic E-state index is -0.574. The first-order valence-corrected chi connectivity index (χ1v) is 9.10. The second kappa shape index (κ2) is 8.05. The number of carbonyl (C=O) groups is 2. The highest BCUT2D eigenvalue weighted by Gasteiger charge is 2.15. The molecule has 7 nitrogen and oxygen atoms in total. The van der Waals surface area contributed by atoms with Gasteiger partial charge in [0.15, 0.2) is 0 Å². The van der Waals surface area contributed by atoms with Gasteiger partial charge < -0.3 is 15.5 Å². The number of carbonyl (C=O) groups excluding carboxylic acids is 2. The third-order valence-electron chi connectivity index (χ3n) is 3.80. The van der Waals surface area contributed by atoms with Gasteiger partial charge in [-0.05, 0) is 30.7 Å². The lowest BCUT2D eigenvalue weighted by Gasteiger charge is -2.09. The van der Waals surface area contributed by atoms with Crippen molar-refractivity contribution in [2.75, 3.05) is 5.75 Å². The van der Waals surface area contributed by atoms with Gasteiger partial charge >= 0.3 is 5.97 Å². The van der Waals surface area contributed by atoms with Crippen molar-refractivity contribution in [2.24, 2.45) is 5.73 Å². The van der Waals surface area contributed by atoms with E-state index >= 15 is 0 Å². The van der Waals surface area contributed by atoms with Crippen molar-refractivity contribution < 1.29 is 14.3 Å². The number of aromatic amines is 1. The van der Waals surface area contributed by atoms with Crippen LogP contribution in [0.1, 0.15) is 21.7 Å². The normalized spacial score (nSPS) is 10.7. The average Bonchev–Trinajstić information content (AvgIpc) is 2.65. The second-order valence-corrected chi connectivity index (χ2v) is 6.83. The zero-order chi connectivity index (χ0) is 19.4. The number of ether oxygens (including phenoxy) is 1. The maximum absolute atomic E-state index is 12.4. The molecule has 138 valence electrons. The van der Waals surface area contributed by atoms with Crippen molar-refractivity contribution in [1.29, 1.82) is 0 Å². The molecule has 0 aliphatic heterocycles. The van der Waals surface area contributed by atoms with E-state index in [4.69, 9.17) is 10.5 Å². The van der Waals surface area contributed by atoms with Gasteiger partial charge in [-0.2, -0.15) is 0 Å². The summed E-state index contributed by atoms with van der Waals surface area (Å²) < 4.78 is 5.30. The first kappa shape index (κ1) is 18.7. The lowest BCUT2D eigenvalue weighted by Crippen LogP contribution is -2.16. The van der Waals surface area contributed by atoms with Crippen LogP contribution >= 0.6 is 11.8 Å². The number of rotatable bonds is 6. The molecule has 0 radical (unpaired) electrons. The fourth-order valence-corrected chi connectivity index (χ4v) is 3.32. The van der Waals surface area contributed by atoms with Gasteiger partial charge in [0.05, 0.1) is 22.2 Å². The van der Waals surface area contributed by atoms with E-state index in [0.29, 0.717) is 21.4 Å². The number of aromatic nitrogens is 2. The molecule has 0 saturated carbocycles. The highest BCUT2D eigenvalue weighted by molar-refractivity contribution is 8.00. The predicted octanol–water partition coefficient (Wildman–Crippen LogP) is 2.17. The number of fused-ring (bicyclic) bond motifs is 1. The Hall–Kier alpha value is -3.13. The van der Waals surface area contributed by atoms with Crippen LogP contribution in [0.2, 0.25) is 0 Å². The summed E-state index contributed by atoms with van der Waals surface area (Å²) >= 11 is 1.16. The number of para-hydroxylation sites is 1. The van der Waals surface area contributed by atoms with Gasteiger partial charge in [-0.15, -0.1) is 11.8 Å². The third kappa shape index (κ3) is 4.35. The van der Waals surface area contributed by atoms with Crippen LogP contribution in [0.15, 0.2) is 52.2 Å². The van der Waals surface area contributed by atoms with E-state index in [1.165, 1.54) is 0 Å². The topological polar surface area (TPSA) is 115 Å². The molecule has 27 heavy (non-hydrogen) atoms. The van der Waals surface area contributed by atoms with E-state index in [0.717, 1.165) is 17.3 Å². The number of H-pyrrole nitrogens is 1. The summed E-state index contributed by atoms with van der Waals surface area (Å²) in [6.45, 7) is 1.68. The Bertz CT molecular complexity index is 1080. The average molecular weight is 383 g/mol. The molecule has 3 rings (SSSR count). The van der Waals surface area contributed by atoms with Crippen molar-refractivity contribution in [1.82, 2.24) is 9.97 Å². The Balaban J connectivity index is 1.79. The highest BCUT2D eigenvalue weighted by atomic mass is 32.2. The van der Waals surface area contributed by atoms with Crippen molar-refractivity contribution in [2.45, 2.75) is 18.4 Å². The number of amides is 1. The highest BCUT2D eigenvalue weighted by Crippen LogP contribution is 2.23. The first-order chi connectivity index (χ1) is 13.0. The van der Waals surface area contributed by atoms with Crippen LogP contribution in [0.4, 0.5) is 0 Å². The van der Waals surface area contributed by atoms with Gasteiger partial charge in [-0.25, -0.2) is 9.78 Å². The van der Waals surface area contributed by atoms with Crippen LogP contribution in [-0.2, 0) is 16.1 Å². The Labute approximate surface area is 158 Å². The van der Waals surface area contributed by atoms with Gasteiger partial charge in [0.2, 0.25) is 5.91 Å². The Kier molecular flexibility index (Phi) is 5.56. The minimum Gasteiger partial charge on any atom is -0.454 e. The Morgan fingerprint density at radius 2 is 1.96 bits per heavy atom. The summed E-state index contributed by atoms with van der Waals surface area (Å²) in [7, 11) is 0. The van der Waals surface area contributed by atoms with E-state index < -0.39 is 11.9 Å². The van der Waals surface area contributed by atoms with E-state index in [9.17, 15) is 14.4 Å². The van der Waals surface area contributed by atoms with E-state index in [2.05, 4.69) is 9.97 Å². The molecule has 2 aromatic carbocycles. The molecule has 0 atom stereocenters. The number of nitrogens with two attached hydrogens (primary N) is 1. The van der Waals surface area contributed by atoms with Crippen LogP contribution in [0.5, 0.6) is 0 Å². The molecule has 0 aliphatic carbocycles. The molecule has 0 unspecified atom stereocenters. The molecule has 0 fully saturated rings. The Morgan fingerprint density at radius 1 is 1.19 bits per heavy atom. The van der Waals surface area contributed by atoms with Gasteiger partial charge in [0.25, 0.3) is 5.56 Å². The zero-order valence-electron chi connectivity index (χ0n) is 14.5. The first-order valence-electron chi connectivity index (χ1n) is 8.11. The van der Waals surface area contributed by atoms with Gasteiger partial charge in [-0.1, -0.05) is 24.3 Å². The molecule has 0 aliphatic rings. The lowest BCUT2D eigenvalue weighted by atomic mass is 10.1. The van der Waals surface area contributed by atoms with Crippen LogP contribution in [-0.4, -0.2) is 27.6 Å². The molecule has 1 heterocycles. The van der Waals surface area contributed by atoms with Crippen LogP contribution < -0.4 is 11.3 Å². The molecule has 0 saturated heterocycles. The third-order valence-corrected chi connectivity index (χ3v) is 4.90. The standard InChI is InChI=1S/C19H17N3O4S/c1-11-5-4-7-13-17(11)21-16(22-18(13)24)9-26-19(25)12-6-2-3-8-14(12)27-10-15(20)23/h2-8H,9-10H2,1H3,(H2,20,23)(H,21,22,24). The number of thioether (sulfide) groups is 1. The summed E-state index contributed by atoms with van der Waals surface area (Å²) in [5.41, 5.74) is 6.63. The SMILES string of the molecule is Cc1cccc2c(=O)[nH]c(COC(=O)c3ccccc3SCC(N)=O)nc12. The summed E-state index contributed by atoms with van der Waals surface area (Å²) in [5, 5.41) is 0.485. The van der Waals surface area contributed by atoms with Gasteiger partial charge in [0, 0.05) is 4.90 Å². The number of nitrogens with zero attached hydrogens (tertiary/aromatic N) is 1. The van der Waals surface area contributed by atoms with Crippen LogP contribution in [0.3, 0.4) is 0 Å². The molecule has 1 aromatic heterocycles. The smallest absolute Gasteiger partial charge is 0.339 e. The van der Waals surface area contributed by atoms with E-state index in [1.54, 1.807) is 36.4 Å². The predicted molar refractivity (Wildman–Crippen MR) is 103 cm³/mol. The molecule has 0 bridgehead atoms. The Morgan fingerprint density at radius 3 is 2.74 bits per heavy atom. The molecular weight excluding hydrogens is 366 g/mol. The van der Waals surface area contributed by atoms with E-state index in [1.807, 2.05) is 13.0 Å². The maximum Gasteiger partial charge on any atom is 0.339 e. The maximum atomic E-state index is 12.4. The summed E-state index contributed by atoms with van der Waals surface area (Å²) in [6.07, 6.45) is 0. The number of benzene rings is 2. The number of hydrogen-bond acceptors (Lipinski definition) is 6. The van der Waals surface area contributed by atoms with Gasteiger partial charge in [-0.3, -0.25) is 9.59 Å². The van der Waals surface area contributed by atoms with Crippen molar-refractivity contribution in [3.8, 4) is 0 Å². The van der Waals surface area contributed by atoms with Crippen molar-refractivity contribution in [3.63, 3.8) is 0 Å². The fraction of sp³-hybridized carbons (Fsp3) is 0.158.